The molecule has 5 nitrogen and oxygen atoms in total. The van der Waals surface area contributed by atoms with Crippen LogP contribution in [0.3, 0.4) is 0 Å². The molecule has 0 radical (unpaired) electrons. The van der Waals surface area contributed by atoms with Crippen LogP contribution in [0.5, 0.6) is 28.7 Å². The molecule has 0 saturated heterocycles. The highest BCUT2D eigenvalue weighted by Gasteiger charge is 2.22. The highest BCUT2D eigenvalue weighted by Crippen LogP contribution is 2.39. The molecule has 0 fully saturated rings. The molecule has 0 bridgehead atoms. The molecule has 0 heterocycles. The van der Waals surface area contributed by atoms with Gasteiger partial charge in [-0.15, -0.1) is 0 Å². The van der Waals surface area contributed by atoms with Gasteiger partial charge in [0.05, 0.1) is 0 Å². The molecule has 5 rings (SSSR count). The van der Waals surface area contributed by atoms with Crippen molar-refractivity contribution in [2.45, 2.75) is 102 Å². The van der Waals surface area contributed by atoms with Gasteiger partial charge in [0.15, 0.2) is 0 Å². The van der Waals surface area contributed by atoms with E-state index in [2.05, 4.69) is 13.8 Å². The highest BCUT2D eigenvalue weighted by molar-refractivity contribution is 5.59. The van der Waals surface area contributed by atoms with Gasteiger partial charge in [-0.2, -0.15) is 0 Å². The Bertz CT molecular complexity index is 2020. The van der Waals surface area contributed by atoms with Gasteiger partial charge in [-0.1, -0.05) is 29.8 Å². The van der Waals surface area contributed by atoms with Gasteiger partial charge in [0, 0.05) is 47.9 Å². The van der Waals surface area contributed by atoms with Crippen molar-refractivity contribution in [1.82, 2.24) is 0 Å². The average Bonchev–Trinajstić information content (AvgIpc) is 3.05. The third-order valence-electron chi connectivity index (χ3n) is 11.4. The van der Waals surface area contributed by atoms with E-state index in [-0.39, 0.29) is 28.7 Å². The summed E-state index contributed by atoms with van der Waals surface area (Å²) in [5.41, 5.74) is 17.6. The van der Waals surface area contributed by atoms with E-state index in [1.807, 2.05) is 86.6 Å². The zero-order chi connectivity index (χ0) is 36.9. The SMILES string of the molecule is Cc1cc(Cc2cc(C)c(O)c(Cc3c(O)cc(C)c(C)c3C)c2C)c(O)c(Cc2cc(C)c(O)c(Cc3c(O)cc(C)c(C)c3C)c2C)c1. The lowest BCUT2D eigenvalue weighted by atomic mass is 9.86. The van der Waals surface area contributed by atoms with Crippen LogP contribution in [0.15, 0.2) is 36.4 Å². The minimum Gasteiger partial charge on any atom is -0.508 e. The topological polar surface area (TPSA) is 101 Å². The Morgan fingerprint density at radius 2 is 0.680 bits per heavy atom. The number of aromatic hydroxyl groups is 5. The first-order valence-corrected chi connectivity index (χ1v) is 17.4. The molecule has 5 aromatic rings. The zero-order valence-corrected chi connectivity index (χ0v) is 31.5. The van der Waals surface area contributed by atoms with Crippen molar-refractivity contribution in [3.05, 3.63) is 142 Å². The van der Waals surface area contributed by atoms with Crippen molar-refractivity contribution in [3.63, 3.8) is 0 Å². The molecule has 5 N–H and O–H groups in total. The molecular weight excluding hydrogens is 620 g/mol. The van der Waals surface area contributed by atoms with E-state index in [1.165, 1.54) is 0 Å². The second-order valence-electron chi connectivity index (χ2n) is 14.6. The lowest BCUT2D eigenvalue weighted by molar-refractivity contribution is 0.458. The Morgan fingerprint density at radius 3 is 1.04 bits per heavy atom. The van der Waals surface area contributed by atoms with E-state index in [0.29, 0.717) is 25.7 Å². The number of phenolic OH excluding ortho intramolecular Hbond substituents is 5. The summed E-state index contributed by atoms with van der Waals surface area (Å²) in [6, 6.07) is 11.6. The third kappa shape index (κ3) is 6.66. The molecule has 5 aromatic carbocycles. The molecule has 0 aliphatic rings. The van der Waals surface area contributed by atoms with Crippen LogP contribution in [0.2, 0.25) is 0 Å². The molecule has 5 heteroatoms. The number of aryl methyl sites for hydroxylation is 5. The second-order valence-corrected chi connectivity index (χ2v) is 14.6. The van der Waals surface area contributed by atoms with Gasteiger partial charge in [0.2, 0.25) is 0 Å². The number of rotatable bonds is 8. The van der Waals surface area contributed by atoms with E-state index in [1.54, 1.807) is 12.1 Å². The molecule has 0 unspecified atom stereocenters. The molecule has 0 aliphatic carbocycles. The largest absolute Gasteiger partial charge is 0.508 e. The van der Waals surface area contributed by atoms with Crippen molar-refractivity contribution in [1.29, 1.82) is 0 Å². The smallest absolute Gasteiger partial charge is 0.122 e. The molecule has 0 saturated carbocycles. The van der Waals surface area contributed by atoms with Crippen LogP contribution < -0.4 is 0 Å². The predicted octanol–water partition coefficient (Wildman–Crippen LogP) is 9.97. The molecule has 0 atom stereocenters. The van der Waals surface area contributed by atoms with E-state index in [4.69, 9.17) is 0 Å². The number of hydrogen-bond donors (Lipinski definition) is 5. The van der Waals surface area contributed by atoms with Crippen molar-refractivity contribution < 1.29 is 25.5 Å². The molecular formula is C45H52O5. The molecule has 0 aliphatic heterocycles. The molecule has 0 aromatic heterocycles. The Kier molecular flexibility index (Phi) is 10.0. The predicted molar refractivity (Wildman–Crippen MR) is 204 cm³/mol. The Balaban J connectivity index is 1.52. The van der Waals surface area contributed by atoms with E-state index in [0.717, 1.165) is 106 Å². The van der Waals surface area contributed by atoms with Crippen molar-refractivity contribution in [2.24, 2.45) is 0 Å². The first kappa shape index (κ1) is 36.4. The molecule has 50 heavy (non-hydrogen) atoms. The molecule has 0 spiro atoms. The molecule has 0 amide bonds. The first-order chi connectivity index (χ1) is 23.4. The van der Waals surface area contributed by atoms with Gasteiger partial charge < -0.3 is 25.5 Å². The van der Waals surface area contributed by atoms with Crippen LogP contribution in [0, 0.1) is 76.2 Å². The van der Waals surface area contributed by atoms with Crippen molar-refractivity contribution in [2.75, 3.05) is 0 Å². The van der Waals surface area contributed by atoms with Gasteiger partial charge in [0.25, 0.3) is 0 Å². The second kappa shape index (κ2) is 13.8. The Hall–Kier alpha value is -4.90. The minimum absolute atomic E-state index is 0.232. The fraction of sp³-hybridized carbons (Fsp3) is 0.333. The van der Waals surface area contributed by atoms with Crippen LogP contribution in [-0.4, -0.2) is 25.5 Å². The third-order valence-corrected chi connectivity index (χ3v) is 11.4. The summed E-state index contributed by atoms with van der Waals surface area (Å²) in [5.74, 6) is 1.17. The fourth-order valence-electron chi connectivity index (χ4n) is 7.54. The average molecular weight is 673 g/mol. The first-order valence-electron chi connectivity index (χ1n) is 17.4. The number of hydrogen-bond acceptors (Lipinski definition) is 5. The summed E-state index contributed by atoms with van der Waals surface area (Å²) >= 11 is 0. The van der Waals surface area contributed by atoms with Gasteiger partial charge in [-0.3, -0.25) is 0 Å². The Morgan fingerprint density at radius 1 is 0.320 bits per heavy atom. The fourth-order valence-corrected chi connectivity index (χ4v) is 7.54. The summed E-state index contributed by atoms with van der Waals surface area (Å²) in [4.78, 5) is 0. The number of phenols is 5. The maximum atomic E-state index is 11.8. The summed E-state index contributed by atoms with van der Waals surface area (Å²) in [5, 5.41) is 56.0. The normalized spacial score (nSPS) is 11.4. The summed E-state index contributed by atoms with van der Waals surface area (Å²) in [6.45, 7) is 21.9. The van der Waals surface area contributed by atoms with Crippen molar-refractivity contribution >= 4 is 0 Å². The van der Waals surface area contributed by atoms with Crippen LogP contribution in [0.1, 0.15) is 106 Å². The zero-order valence-electron chi connectivity index (χ0n) is 31.5. The van der Waals surface area contributed by atoms with Gasteiger partial charge >= 0.3 is 0 Å². The number of benzene rings is 5. The summed E-state index contributed by atoms with van der Waals surface area (Å²) < 4.78 is 0. The van der Waals surface area contributed by atoms with Crippen LogP contribution >= 0.6 is 0 Å². The van der Waals surface area contributed by atoms with Crippen LogP contribution in [0.4, 0.5) is 0 Å². The van der Waals surface area contributed by atoms with Crippen LogP contribution in [-0.2, 0) is 25.7 Å². The van der Waals surface area contributed by atoms with E-state index in [9.17, 15) is 25.5 Å². The van der Waals surface area contributed by atoms with Crippen molar-refractivity contribution in [3.8, 4) is 28.7 Å². The van der Waals surface area contributed by atoms with Gasteiger partial charge in [-0.05, 0) is 166 Å². The lowest BCUT2D eigenvalue weighted by Gasteiger charge is -2.21. The summed E-state index contributed by atoms with van der Waals surface area (Å²) in [7, 11) is 0. The highest BCUT2D eigenvalue weighted by atomic mass is 16.3. The summed E-state index contributed by atoms with van der Waals surface area (Å²) in [6.07, 6.45) is 1.75. The Labute approximate surface area is 297 Å². The monoisotopic (exact) mass is 672 g/mol. The van der Waals surface area contributed by atoms with Gasteiger partial charge in [0.1, 0.15) is 28.7 Å². The van der Waals surface area contributed by atoms with E-state index >= 15 is 0 Å². The maximum absolute atomic E-state index is 11.8. The standard InChI is InChI=1S/C45H52O5/c1-22-12-35(18-33-14-25(4)43(48)39(31(33)10)20-37-29(8)27(6)23(2)16-41(37)46)45(50)36(13-22)19-34-15-26(5)44(49)40(32(34)11)21-38-30(9)28(7)24(3)17-42(38)47/h12-17,46-50H,18-21H2,1-11H3. The maximum Gasteiger partial charge on any atom is 0.122 e. The minimum atomic E-state index is 0.232. The quantitative estimate of drug-likeness (QED) is 0.113. The van der Waals surface area contributed by atoms with Gasteiger partial charge in [-0.25, -0.2) is 0 Å². The molecule has 262 valence electrons. The van der Waals surface area contributed by atoms with E-state index < -0.39 is 0 Å². The lowest BCUT2D eigenvalue weighted by Crippen LogP contribution is -2.05. The van der Waals surface area contributed by atoms with Crippen LogP contribution in [0.25, 0.3) is 0 Å².